The van der Waals surface area contributed by atoms with E-state index in [2.05, 4.69) is 6.92 Å². The molecule has 0 spiro atoms. The molecule has 0 aliphatic heterocycles. The Balaban J connectivity index is 1.74. The Morgan fingerprint density at radius 3 is 2.70 bits per heavy atom. The van der Waals surface area contributed by atoms with Gasteiger partial charge >= 0.3 is 10.4 Å². The summed E-state index contributed by atoms with van der Waals surface area (Å²) < 4.78 is 41.4. The predicted molar refractivity (Wildman–Crippen MR) is 99.0 cm³/mol. The van der Waals surface area contributed by atoms with Crippen molar-refractivity contribution in [1.29, 1.82) is 0 Å². The Hall–Kier alpha value is -1.44. The summed E-state index contributed by atoms with van der Waals surface area (Å²) >= 11 is 0. The molecule has 1 N–H and O–H groups in total. The molecule has 3 aliphatic carbocycles. The zero-order valence-corrected chi connectivity index (χ0v) is 16.5. The maximum atomic E-state index is 12.5. The van der Waals surface area contributed by atoms with Gasteiger partial charge in [0.2, 0.25) is 0 Å². The van der Waals surface area contributed by atoms with Gasteiger partial charge < -0.3 is 8.92 Å². The number of aryl methyl sites for hydroxylation is 1. The smallest absolute Gasteiger partial charge is 0.380 e. The summed E-state index contributed by atoms with van der Waals surface area (Å²) in [5.41, 5.74) is 3.04. The third-order valence-corrected chi connectivity index (χ3v) is 7.49. The van der Waals surface area contributed by atoms with Gasteiger partial charge in [-0.05, 0) is 78.7 Å². The highest BCUT2D eigenvalue weighted by Gasteiger charge is 2.54. The lowest BCUT2D eigenvalue weighted by molar-refractivity contribution is -0.129. The average molecular weight is 394 g/mol. The first-order valence-corrected chi connectivity index (χ1v) is 10.9. The van der Waals surface area contributed by atoms with E-state index in [1.165, 1.54) is 5.56 Å². The third kappa shape index (κ3) is 3.19. The van der Waals surface area contributed by atoms with Crippen molar-refractivity contribution in [3.05, 3.63) is 28.8 Å². The summed E-state index contributed by atoms with van der Waals surface area (Å²) in [4.78, 5) is 12.5. The number of rotatable bonds is 4. The van der Waals surface area contributed by atoms with Gasteiger partial charge in [0.1, 0.15) is 11.5 Å². The van der Waals surface area contributed by atoms with Gasteiger partial charge in [0.25, 0.3) is 0 Å². The van der Waals surface area contributed by atoms with Crippen LogP contribution in [0.2, 0.25) is 0 Å². The molecular weight excluding hydrogens is 368 g/mol. The number of Topliss-reactive ketones (excluding diaryl/α,β-unsaturated/α-hetero) is 1. The van der Waals surface area contributed by atoms with Crippen LogP contribution in [-0.2, 0) is 33.0 Å². The van der Waals surface area contributed by atoms with Crippen molar-refractivity contribution >= 4 is 16.2 Å². The SMILES string of the molecule is COCc1cc(OS(=O)(=O)O)cc2c1C1CCC3(C)C(=O)CCC3C1CC2. The highest BCUT2D eigenvalue weighted by Crippen LogP contribution is 2.60. The molecule has 2 saturated carbocycles. The van der Waals surface area contributed by atoms with Crippen molar-refractivity contribution in [2.75, 3.05) is 7.11 Å². The van der Waals surface area contributed by atoms with E-state index in [1.807, 2.05) is 0 Å². The van der Waals surface area contributed by atoms with Crippen molar-refractivity contribution < 1.29 is 26.7 Å². The third-order valence-electron chi connectivity index (χ3n) is 7.09. The van der Waals surface area contributed by atoms with Crippen molar-refractivity contribution in [3.63, 3.8) is 0 Å². The number of methoxy groups -OCH3 is 1. The first-order chi connectivity index (χ1) is 12.7. The molecule has 0 bridgehead atoms. The average Bonchev–Trinajstić information content (AvgIpc) is 2.88. The van der Waals surface area contributed by atoms with Gasteiger partial charge in [0, 0.05) is 18.9 Å². The highest BCUT2D eigenvalue weighted by atomic mass is 32.3. The second kappa shape index (κ2) is 6.57. The van der Waals surface area contributed by atoms with Crippen molar-refractivity contribution in [2.45, 2.75) is 58.0 Å². The molecule has 0 saturated heterocycles. The summed E-state index contributed by atoms with van der Waals surface area (Å²) in [5.74, 6) is 1.82. The molecule has 7 heteroatoms. The number of fused-ring (bicyclic) bond motifs is 5. The largest absolute Gasteiger partial charge is 0.446 e. The van der Waals surface area contributed by atoms with Crippen LogP contribution in [0, 0.1) is 17.3 Å². The maximum Gasteiger partial charge on any atom is 0.446 e. The van der Waals surface area contributed by atoms with Crippen molar-refractivity contribution in [1.82, 2.24) is 0 Å². The molecule has 0 amide bonds. The molecule has 1 aromatic rings. The highest BCUT2D eigenvalue weighted by molar-refractivity contribution is 7.81. The number of hydrogen-bond acceptors (Lipinski definition) is 5. The van der Waals surface area contributed by atoms with Crippen LogP contribution >= 0.6 is 0 Å². The number of carbonyl (C=O) groups is 1. The predicted octanol–water partition coefficient (Wildman–Crippen LogP) is 3.44. The van der Waals surface area contributed by atoms with Crippen LogP contribution < -0.4 is 4.18 Å². The lowest BCUT2D eigenvalue weighted by Gasteiger charge is -2.48. The quantitative estimate of drug-likeness (QED) is 0.787. The van der Waals surface area contributed by atoms with E-state index in [9.17, 15) is 13.2 Å². The fraction of sp³-hybridized carbons (Fsp3) is 0.650. The molecule has 27 heavy (non-hydrogen) atoms. The second-order valence-corrected chi connectivity index (χ2v) is 9.45. The van der Waals surface area contributed by atoms with E-state index < -0.39 is 10.4 Å². The summed E-state index contributed by atoms with van der Waals surface area (Å²) in [6.45, 7) is 2.51. The monoisotopic (exact) mass is 394 g/mol. The number of carbonyl (C=O) groups excluding carboxylic acids is 1. The van der Waals surface area contributed by atoms with Gasteiger partial charge in [-0.1, -0.05) is 6.92 Å². The van der Waals surface area contributed by atoms with Crippen LogP contribution in [0.1, 0.15) is 61.6 Å². The van der Waals surface area contributed by atoms with E-state index in [-0.39, 0.29) is 11.2 Å². The molecule has 1 aromatic carbocycles. The Morgan fingerprint density at radius 2 is 2.00 bits per heavy atom. The number of ketones is 1. The molecule has 148 valence electrons. The maximum absolute atomic E-state index is 12.5. The van der Waals surface area contributed by atoms with Gasteiger partial charge in [-0.15, -0.1) is 0 Å². The first kappa shape index (κ1) is 18.9. The van der Waals surface area contributed by atoms with Crippen LogP contribution in [-0.4, -0.2) is 25.9 Å². The number of ether oxygens (including phenoxy) is 1. The molecule has 4 atom stereocenters. The summed E-state index contributed by atoms with van der Waals surface area (Å²) in [5, 5.41) is 0. The molecule has 0 aromatic heterocycles. The molecule has 6 nitrogen and oxygen atoms in total. The molecule has 2 fully saturated rings. The Labute approximate surface area is 160 Å². The molecule has 0 heterocycles. The summed E-state index contributed by atoms with van der Waals surface area (Å²) in [7, 11) is -2.96. The molecule has 4 rings (SSSR count). The van der Waals surface area contributed by atoms with Crippen LogP contribution in [0.3, 0.4) is 0 Å². The molecule has 0 radical (unpaired) electrons. The second-order valence-electron chi connectivity index (χ2n) is 8.43. The van der Waals surface area contributed by atoms with Gasteiger partial charge in [-0.2, -0.15) is 8.42 Å². The molecule has 4 unspecified atom stereocenters. The fourth-order valence-electron chi connectivity index (χ4n) is 6.02. The lowest BCUT2D eigenvalue weighted by Crippen LogP contribution is -2.42. The summed E-state index contributed by atoms with van der Waals surface area (Å²) in [6, 6.07) is 3.39. The molecule has 3 aliphatic rings. The van der Waals surface area contributed by atoms with Crippen LogP contribution in [0.15, 0.2) is 12.1 Å². The Bertz CT molecular complexity index is 877. The molecular formula is C20H26O6S. The number of benzene rings is 1. The zero-order chi connectivity index (χ0) is 19.4. The minimum Gasteiger partial charge on any atom is -0.380 e. The topological polar surface area (TPSA) is 89.9 Å². The zero-order valence-electron chi connectivity index (χ0n) is 15.7. The minimum atomic E-state index is -4.56. The van der Waals surface area contributed by atoms with Crippen LogP contribution in [0.25, 0.3) is 0 Å². The standard InChI is InChI=1S/C20H26O6S/c1-20-8-7-16-15(17(20)5-6-18(20)21)4-3-12-9-14(26-27(22,23)24)10-13(11-25-2)19(12)16/h9-10,15-17H,3-8,11H2,1-2H3,(H,22,23,24). The van der Waals surface area contributed by atoms with Crippen LogP contribution in [0.5, 0.6) is 5.75 Å². The van der Waals surface area contributed by atoms with E-state index >= 15 is 0 Å². The van der Waals surface area contributed by atoms with Crippen LogP contribution in [0.4, 0.5) is 0 Å². The van der Waals surface area contributed by atoms with Crippen molar-refractivity contribution in [3.8, 4) is 5.75 Å². The van der Waals surface area contributed by atoms with Gasteiger partial charge in [-0.25, -0.2) is 0 Å². The Morgan fingerprint density at radius 1 is 1.22 bits per heavy atom. The number of hydrogen-bond donors (Lipinski definition) is 1. The summed E-state index contributed by atoms with van der Waals surface area (Å²) in [6.07, 6.45) is 5.36. The fourth-order valence-corrected chi connectivity index (χ4v) is 6.36. The van der Waals surface area contributed by atoms with Gasteiger partial charge in [0.05, 0.1) is 6.61 Å². The minimum absolute atomic E-state index is 0.124. The lowest BCUT2D eigenvalue weighted by atomic mass is 9.55. The Kier molecular flexibility index (Phi) is 4.60. The van der Waals surface area contributed by atoms with Gasteiger partial charge in [-0.3, -0.25) is 9.35 Å². The van der Waals surface area contributed by atoms with E-state index in [0.717, 1.165) is 43.2 Å². The van der Waals surface area contributed by atoms with E-state index in [1.54, 1.807) is 19.2 Å². The first-order valence-electron chi connectivity index (χ1n) is 9.58. The van der Waals surface area contributed by atoms with E-state index in [0.29, 0.717) is 36.6 Å². The van der Waals surface area contributed by atoms with E-state index in [4.69, 9.17) is 13.5 Å². The van der Waals surface area contributed by atoms with Gasteiger partial charge in [0.15, 0.2) is 0 Å². The normalized spacial score (nSPS) is 32.6. The van der Waals surface area contributed by atoms with Crippen molar-refractivity contribution in [2.24, 2.45) is 17.3 Å².